The molecule has 6 heteroatoms. The molecule has 0 saturated carbocycles. The van der Waals surface area contributed by atoms with E-state index < -0.39 is 0 Å². The zero-order valence-corrected chi connectivity index (χ0v) is 17.4. The molecule has 1 saturated heterocycles. The minimum atomic E-state index is 0.179. The summed E-state index contributed by atoms with van der Waals surface area (Å²) < 4.78 is 11.1. The maximum atomic E-state index is 5.58. The van der Waals surface area contributed by atoms with Gasteiger partial charge in [-0.3, -0.25) is 0 Å². The Morgan fingerprint density at radius 1 is 1.11 bits per heavy atom. The van der Waals surface area contributed by atoms with E-state index in [1.807, 2.05) is 31.2 Å². The van der Waals surface area contributed by atoms with Gasteiger partial charge in [-0.1, -0.05) is 30.3 Å². The van der Waals surface area contributed by atoms with Crippen LogP contribution in [0.1, 0.15) is 25.5 Å². The maximum absolute atomic E-state index is 5.58. The highest BCUT2D eigenvalue weighted by atomic mass is 32.1. The van der Waals surface area contributed by atoms with Crippen molar-refractivity contribution in [1.82, 2.24) is 5.32 Å². The molecule has 2 atom stereocenters. The predicted octanol–water partition coefficient (Wildman–Crippen LogP) is 2.42. The van der Waals surface area contributed by atoms with Crippen LogP contribution in [0.25, 0.3) is 0 Å². The summed E-state index contributed by atoms with van der Waals surface area (Å²) in [5.41, 5.74) is 2.27. The zero-order valence-electron chi connectivity index (χ0n) is 16.6. The predicted molar refractivity (Wildman–Crippen MR) is 117 cm³/mol. The maximum Gasteiger partial charge on any atom is 0.171 e. The standard InChI is InChI=1S/C22H29N3O2S/c1-3-27-20-11-9-19(10-12-20)24-22(28)23-17(2)21(18-7-5-4-6-8-18)25-13-15-26-16-14-25/h4-12,17,21H,3,13-16H2,1-2H3,(H2,23,24,28)/p+1/t17-,21-/m1/s1. The first-order chi connectivity index (χ1) is 13.7. The average Bonchev–Trinajstić information content (AvgIpc) is 2.71. The van der Waals surface area contributed by atoms with Crippen molar-refractivity contribution in [2.45, 2.75) is 25.9 Å². The molecular weight excluding hydrogens is 370 g/mol. The lowest BCUT2D eigenvalue weighted by Crippen LogP contribution is -3.15. The number of rotatable bonds is 7. The molecule has 0 spiro atoms. The van der Waals surface area contributed by atoms with Crippen molar-refractivity contribution in [3.63, 3.8) is 0 Å². The van der Waals surface area contributed by atoms with Gasteiger partial charge >= 0.3 is 0 Å². The SMILES string of the molecule is CCOc1ccc(NC(=S)N[C@H](C)[C@H](c2ccccc2)[NH+]2CCOCC2)cc1. The molecule has 0 amide bonds. The number of thiocarbonyl (C=S) groups is 1. The van der Waals surface area contributed by atoms with Crippen LogP contribution in [-0.4, -0.2) is 44.1 Å². The summed E-state index contributed by atoms with van der Waals surface area (Å²) in [6.45, 7) is 8.46. The van der Waals surface area contributed by atoms with Crippen molar-refractivity contribution >= 4 is 23.0 Å². The smallest absolute Gasteiger partial charge is 0.171 e. The fourth-order valence-corrected chi connectivity index (χ4v) is 4.05. The van der Waals surface area contributed by atoms with Crippen molar-refractivity contribution in [2.24, 2.45) is 0 Å². The lowest BCUT2D eigenvalue weighted by atomic mass is 9.98. The Bertz CT molecular complexity index is 733. The summed E-state index contributed by atoms with van der Waals surface area (Å²) >= 11 is 5.58. The quantitative estimate of drug-likeness (QED) is 0.623. The molecule has 0 aliphatic carbocycles. The Balaban J connectivity index is 1.65. The Hall–Kier alpha value is -2.15. The highest BCUT2D eigenvalue weighted by Gasteiger charge is 2.31. The van der Waals surface area contributed by atoms with Crippen LogP contribution >= 0.6 is 12.2 Å². The summed E-state index contributed by atoms with van der Waals surface area (Å²) in [6.07, 6.45) is 0. The summed E-state index contributed by atoms with van der Waals surface area (Å²) in [4.78, 5) is 1.53. The molecule has 1 heterocycles. The van der Waals surface area contributed by atoms with Crippen LogP contribution in [0, 0.1) is 0 Å². The summed E-state index contributed by atoms with van der Waals surface area (Å²) in [5.74, 6) is 0.861. The van der Waals surface area contributed by atoms with Crippen LogP contribution in [-0.2, 0) is 4.74 Å². The summed E-state index contributed by atoms with van der Waals surface area (Å²) in [5, 5.41) is 7.40. The van der Waals surface area contributed by atoms with Crippen molar-refractivity contribution in [3.05, 3.63) is 60.2 Å². The molecule has 0 radical (unpaired) electrons. The van der Waals surface area contributed by atoms with Gasteiger partial charge in [-0.2, -0.15) is 0 Å². The molecule has 2 aromatic carbocycles. The third-order valence-corrected chi connectivity index (χ3v) is 5.24. The number of ether oxygens (including phenoxy) is 2. The van der Waals surface area contributed by atoms with Gasteiger partial charge in [-0.05, 0) is 50.3 Å². The Morgan fingerprint density at radius 2 is 1.79 bits per heavy atom. The second-order valence-corrected chi connectivity index (χ2v) is 7.41. The van der Waals surface area contributed by atoms with E-state index in [1.165, 1.54) is 10.5 Å². The molecule has 0 aromatic heterocycles. The largest absolute Gasteiger partial charge is 0.494 e. The number of morpholine rings is 1. The van der Waals surface area contributed by atoms with Crippen molar-refractivity contribution in [3.8, 4) is 5.75 Å². The Morgan fingerprint density at radius 3 is 2.43 bits per heavy atom. The molecule has 28 heavy (non-hydrogen) atoms. The van der Waals surface area contributed by atoms with Crippen LogP contribution in [0.3, 0.4) is 0 Å². The lowest BCUT2D eigenvalue weighted by Gasteiger charge is -2.35. The average molecular weight is 401 g/mol. The van der Waals surface area contributed by atoms with E-state index >= 15 is 0 Å². The first-order valence-electron chi connectivity index (χ1n) is 9.95. The number of hydrogen-bond donors (Lipinski definition) is 3. The molecule has 0 bridgehead atoms. The number of quaternary nitrogens is 1. The third-order valence-electron chi connectivity index (χ3n) is 5.02. The highest BCUT2D eigenvalue weighted by Crippen LogP contribution is 2.17. The van der Waals surface area contributed by atoms with Crippen molar-refractivity contribution in [1.29, 1.82) is 0 Å². The molecule has 3 N–H and O–H groups in total. The molecule has 5 nitrogen and oxygen atoms in total. The normalized spacial score (nSPS) is 16.8. The fourth-order valence-electron chi connectivity index (χ4n) is 3.74. The lowest BCUT2D eigenvalue weighted by molar-refractivity contribution is -0.940. The molecule has 150 valence electrons. The molecule has 3 rings (SSSR count). The summed E-state index contributed by atoms with van der Waals surface area (Å²) in [6, 6.07) is 19.0. The van der Waals surface area contributed by atoms with Gasteiger partial charge in [0.15, 0.2) is 5.11 Å². The van der Waals surface area contributed by atoms with Gasteiger partial charge in [0.05, 0.1) is 25.9 Å². The van der Waals surface area contributed by atoms with Gasteiger partial charge in [-0.25, -0.2) is 0 Å². The Kier molecular flexibility index (Phi) is 7.65. The van der Waals surface area contributed by atoms with E-state index in [4.69, 9.17) is 21.7 Å². The van der Waals surface area contributed by atoms with Crippen molar-refractivity contribution in [2.75, 3.05) is 38.2 Å². The van der Waals surface area contributed by atoms with Crippen molar-refractivity contribution < 1.29 is 14.4 Å². The van der Waals surface area contributed by atoms with Crippen LogP contribution in [0.15, 0.2) is 54.6 Å². The topological polar surface area (TPSA) is 47.0 Å². The zero-order chi connectivity index (χ0) is 19.8. The van der Waals surface area contributed by atoms with Gasteiger partial charge in [-0.15, -0.1) is 0 Å². The summed E-state index contributed by atoms with van der Waals surface area (Å²) in [7, 11) is 0. The van der Waals surface area contributed by atoms with Crippen LogP contribution in [0.4, 0.5) is 5.69 Å². The molecule has 0 unspecified atom stereocenters. The van der Waals surface area contributed by atoms with Gasteiger partial charge in [0, 0.05) is 11.3 Å². The first-order valence-corrected chi connectivity index (χ1v) is 10.4. The number of benzene rings is 2. The van der Waals surface area contributed by atoms with E-state index in [2.05, 4.69) is 47.9 Å². The molecule has 2 aromatic rings. The number of hydrogen-bond acceptors (Lipinski definition) is 3. The monoisotopic (exact) mass is 400 g/mol. The van der Waals surface area contributed by atoms with E-state index in [0.29, 0.717) is 17.8 Å². The van der Waals surface area contributed by atoms with E-state index in [1.54, 1.807) is 0 Å². The van der Waals surface area contributed by atoms with Gasteiger partial charge in [0.2, 0.25) is 0 Å². The second kappa shape index (κ2) is 10.4. The number of nitrogens with one attached hydrogen (secondary N) is 3. The molecule has 1 aliphatic rings. The van der Waals surface area contributed by atoms with Gasteiger partial charge in [0.1, 0.15) is 24.9 Å². The Labute approximate surface area is 173 Å². The first kappa shape index (κ1) is 20.6. The fraction of sp³-hybridized carbons (Fsp3) is 0.409. The van der Waals surface area contributed by atoms with E-state index in [-0.39, 0.29) is 6.04 Å². The third kappa shape index (κ3) is 5.67. The van der Waals surface area contributed by atoms with E-state index in [0.717, 1.165) is 37.7 Å². The van der Waals surface area contributed by atoms with Crippen LogP contribution in [0.5, 0.6) is 5.75 Å². The van der Waals surface area contributed by atoms with Crippen LogP contribution in [0.2, 0.25) is 0 Å². The van der Waals surface area contributed by atoms with Gasteiger partial charge < -0.3 is 25.0 Å². The highest BCUT2D eigenvalue weighted by molar-refractivity contribution is 7.80. The molecule has 1 fully saturated rings. The molecular formula is C22H30N3O2S+. The van der Waals surface area contributed by atoms with Crippen LogP contribution < -0.4 is 20.3 Å². The number of anilines is 1. The van der Waals surface area contributed by atoms with Gasteiger partial charge in [0.25, 0.3) is 0 Å². The van der Waals surface area contributed by atoms with E-state index in [9.17, 15) is 0 Å². The second-order valence-electron chi connectivity index (χ2n) is 7.00. The minimum absolute atomic E-state index is 0.179. The molecule has 1 aliphatic heterocycles. The minimum Gasteiger partial charge on any atom is -0.494 e.